The predicted octanol–water partition coefficient (Wildman–Crippen LogP) is 5.78. The molecule has 2 atom stereocenters. The molecule has 1 unspecified atom stereocenters. The first-order valence-corrected chi connectivity index (χ1v) is 13.1. The summed E-state index contributed by atoms with van der Waals surface area (Å²) < 4.78 is 0. The largest absolute Gasteiger partial charge is 0.336 e. The third-order valence-electron chi connectivity index (χ3n) is 7.49. The van der Waals surface area contributed by atoms with Gasteiger partial charge in [0.25, 0.3) is 0 Å². The smallest absolute Gasteiger partial charge is 0.224 e. The maximum atomic E-state index is 13.6. The number of nitriles is 1. The average Bonchev–Trinajstić information content (AvgIpc) is 3.27. The Kier molecular flexibility index (Phi) is 8.59. The molecule has 184 valence electrons. The van der Waals surface area contributed by atoms with Gasteiger partial charge in [0.2, 0.25) is 5.91 Å². The highest BCUT2D eigenvalue weighted by Crippen LogP contribution is 2.32. The second kappa shape index (κ2) is 11.8. The van der Waals surface area contributed by atoms with Crippen molar-refractivity contribution in [3.05, 3.63) is 70.7 Å². The van der Waals surface area contributed by atoms with Gasteiger partial charge in [-0.15, -0.1) is 0 Å². The van der Waals surface area contributed by atoms with E-state index >= 15 is 0 Å². The molecule has 1 aliphatic carbocycles. The summed E-state index contributed by atoms with van der Waals surface area (Å²) in [6.45, 7) is 1.99. The molecule has 1 heterocycles. The van der Waals surface area contributed by atoms with Crippen LogP contribution in [-0.2, 0) is 11.3 Å². The van der Waals surface area contributed by atoms with Gasteiger partial charge in [0.1, 0.15) is 5.54 Å². The predicted molar refractivity (Wildman–Crippen MR) is 138 cm³/mol. The molecule has 5 nitrogen and oxygen atoms in total. The first-order valence-electron chi connectivity index (χ1n) is 12.7. The Bertz CT molecular complexity index is 1040. The minimum atomic E-state index is -0.917. The van der Waals surface area contributed by atoms with Crippen molar-refractivity contribution in [2.24, 2.45) is 11.8 Å². The van der Waals surface area contributed by atoms with Gasteiger partial charge in [-0.05, 0) is 48.6 Å². The molecule has 6 heteroatoms. The van der Waals surface area contributed by atoms with Gasteiger partial charge in [0.15, 0.2) is 5.78 Å². The first-order chi connectivity index (χ1) is 17.0. The van der Waals surface area contributed by atoms with E-state index < -0.39 is 11.5 Å². The van der Waals surface area contributed by atoms with Crippen LogP contribution in [0.4, 0.5) is 0 Å². The quantitative estimate of drug-likeness (QED) is 0.451. The van der Waals surface area contributed by atoms with Crippen LogP contribution < -0.4 is 5.32 Å². The Morgan fingerprint density at radius 1 is 1.09 bits per heavy atom. The fourth-order valence-electron chi connectivity index (χ4n) is 5.51. The second-order valence-corrected chi connectivity index (χ2v) is 10.6. The van der Waals surface area contributed by atoms with Crippen molar-refractivity contribution in [2.75, 3.05) is 13.1 Å². The van der Waals surface area contributed by atoms with Crippen molar-refractivity contribution in [3.63, 3.8) is 0 Å². The van der Waals surface area contributed by atoms with E-state index in [9.17, 15) is 14.9 Å². The van der Waals surface area contributed by atoms with E-state index in [1.165, 1.54) is 24.8 Å². The van der Waals surface area contributed by atoms with Gasteiger partial charge in [-0.3, -0.25) is 14.5 Å². The monoisotopic (exact) mass is 491 g/mol. The van der Waals surface area contributed by atoms with Crippen LogP contribution in [0.1, 0.15) is 67.3 Å². The lowest BCUT2D eigenvalue weighted by Gasteiger charge is -2.29. The number of halogens is 1. The molecule has 1 aliphatic heterocycles. The average molecular weight is 492 g/mol. The molecule has 2 fully saturated rings. The van der Waals surface area contributed by atoms with Crippen LogP contribution in [0.25, 0.3) is 0 Å². The van der Waals surface area contributed by atoms with E-state index in [1.807, 2.05) is 18.2 Å². The zero-order valence-electron chi connectivity index (χ0n) is 20.2. The Morgan fingerprint density at radius 2 is 1.80 bits per heavy atom. The van der Waals surface area contributed by atoms with Crippen LogP contribution >= 0.6 is 11.6 Å². The van der Waals surface area contributed by atoms with Gasteiger partial charge in [0.05, 0.1) is 6.07 Å². The molecule has 2 aliphatic rings. The minimum Gasteiger partial charge on any atom is -0.336 e. The van der Waals surface area contributed by atoms with Crippen molar-refractivity contribution < 1.29 is 9.59 Å². The van der Waals surface area contributed by atoms with Crippen molar-refractivity contribution >= 4 is 23.3 Å². The Balaban J connectivity index is 1.44. The number of nitrogens with zero attached hydrogens (tertiary/aromatic N) is 2. The number of Topliss-reactive ketones (excluding diaryl/α,β-unsaturated/α-hetero) is 1. The molecule has 1 saturated carbocycles. The summed E-state index contributed by atoms with van der Waals surface area (Å²) in [5.74, 6) is -0.204. The van der Waals surface area contributed by atoms with Crippen LogP contribution in [0.15, 0.2) is 54.6 Å². The number of hydrogen-bond acceptors (Lipinski definition) is 4. The first kappa shape index (κ1) is 25.4. The van der Waals surface area contributed by atoms with Gasteiger partial charge < -0.3 is 5.32 Å². The number of rotatable bonds is 9. The maximum Gasteiger partial charge on any atom is 0.224 e. The van der Waals surface area contributed by atoms with Crippen LogP contribution in [-0.4, -0.2) is 35.2 Å². The number of amides is 1. The molecule has 1 saturated heterocycles. The van der Waals surface area contributed by atoms with E-state index in [0.29, 0.717) is 35.9 Å². The normalized spacial score (nSPS) is 21.8. The third kappa shape index (κ3) is 6.93. The lowest BCUT2D eigenvalue weighted by molar-refractivity contribution is -0.127. The lowest BCUT2D eigenvalue weighted by Crippen LogP contribution is -2.51. The third-order valence-corrected chi connectivity index (χ3v) is 7.74. The number of hydrogen-bond donors (Lipinski definition) is 1. The number of carbonyl (C=O) groups excluding carboxylic acids is 2. The highest BCUT2D eigenvalue weighted by atomic mass is 35.5. The summed E-state index contributed by atoms with van der Waals surface area (Å²) in [5.41, 5.74) is 0.844. The van der Waals surface area contributed by atoms with Crippen LogP contribution in [0.3, 0.4) is 0 Å². The molecule has 0 spiro atoms. The van der Waals surface area contributed by atoms with Crippen molar-refractivity contribution in [1.29, 1.82) is 5.26 Å². The zero-order valence-corrected chi connectivity index (χ0v) is 21.0. The maximum absolute atomic E-state index is 13.6. The van der Waals surface area contributed by atoms with Gasteiger partial charge in [0, 0.05) is 42.6 Å². The van der Waals surface area contributed by atoms with Gasteiger partial charge in [-0.25, -0.2) is 0 Å². The highest BCUT2D eigenvalue weighted by molar-refractivity contribution is 6.30. The van der Waals surface area contributed by atoms with Crippen LogP contribution in [0, 0.1) is 23.2 Å². The van der Waals surface area contributed by atoms with Gasteiger partial charge >= 0.3 is 0 Å². The van der Waals surface area contributed by atoms with E-state index in [-0.39, 0.29) is 18.1 Å². The number of carbonyl (C=O) groups is 2. The molecule has 1 amide bonds. The van der Waals surface area contributed by atoms with Gasteiger partial charge in [-0.1, -0.05) is 74.0 Å². The molecule has 0 bridgehead atoms. The fraction of sp³-hybridized carbons (Fsp3) is 0.483. The fourth-order valence-corrected chi connectivity index (χ4v) is 5.64. The van der Waals surface area contributed by atoms with E-state index in [2.05, 4.69) is 28.4 Å². The molecule has 35 heavy (non-hydrogen) atoms. The molecular formula is C29H34ClN3O2. The number of likely N-dealkylation sites (tertiary alicyclic amines) is 1. The van der Waals surface area contributed by atoms with Crippen molar-refractivity contribution in [3.8, 4) is 6.07 Å². The van der Waals surface area contributed by atoms with Crippen LogP contribution in [0.5, 0.6) is 0 Å². The van der Waals surface area contributed by atoms with E-state index in [4.69, 9.17) is 11.6 Å². The minimum absolute atomic E-state index is 0.0549. The van der Waals surface area contributed by atoms with E-state index in [1.54, 1.807) is 24.3 Å². The van der Waals surface area contributed by atoms with Gasteiger partial charge in [-0.2, -0.15) is 5.26 Å². The number of ketones is 1. The standard InChI is InChI=1S/C29H34ClN3O2/c30-26-13-11-24(12-14-26)27(34)18-25(17-22-7-3-1-4-8-22)28(35)32-29(20-31)15-16-33(21-29)19-23-9-5-2-6-10-23/h2,5-6,9-14,22,25H,1,3-4,7-8,15-19,21H2,(H,32,35)/t25-,29?/m1/s1. The number of nitrogens with one attached hydrogen (secondary N) is 1. The summed E-state index contributed by atoms with van der Waals surface area (Å²) in [5, 5.41) is 13.7. The summed E-state index contributed by atoms with van der Waals surface area (Å²) in [7, 11) is 0. The zero-order chi connectivity index (χ0) is 24.7. The SMILES string of the molecule is N#CC1(NC(=O)[C@@H](CC(=O)c2ccc(Cl)cc2)CC2CCCCC2)CCN(Cc2ccccc2)C1. The Morgan fingerprint density at radius 3 is 2.49 bits per heavy atom. The second-order valence-electron chi connectivity index (χ2n) is 10.2. The van der Waals surface area contributed by atoms with Crippen molar-refractivity contribution in [1.82, 2.24) is 10.2 Å². The Hall–Kier alpha value is -2.68. The Labute approximate surface area is 213 Å². The molecule has 1 N–H and O–H groups in total. The molecule has 2 aromatic rings. The molecule has 4 rings (SSSR count). The summed E-state index contributed by atoms with van der Waals surface area (Å²) in [6, 6.07) is 19.4. The number of benzene rings is 2. The van der Waals surface area contributed by atoms with Crippen LogP contribution in [0.2, 0.25) is 5.02 Å². The lowest BCUT2D eigenvalue weighted by atomic mass is 9.80. The summed E-state index contributed by atoms with van der Waals surface area (Å²) in [6.07, 6.45) is 7.25. The molecule has 2 aromatic carbocycles. The molecular weight excluding hydrogens is 458 g/mol. The van der Waals surface area contributed by atoms with E-state index in [0.717, 1.165) is 25.9 Å². The molecule has 0 radical (unpaired) electrons. The molecule has 0 aromatic heterocycles. The summed E-state index contributed by atoms with van der Waals surface area (Å²) >= 11 is 5.98. The van der Waals surface area contributed by atoms with Crippen molar-refractivity contribution in [2.45, 2.75) is 63.5 Å². The highest BCUT2D eigenvalue weighted by Gasteiger charge is 2.41. The summed E-state index contributed by atoms with van der Waals surface area (Å²) in [4.78, 5) is 28.8. The topological polar surface area (TPSA) is 73.2 Å².